The first-order chi connectivity index (χ1) is 16.7. The second kappa shape index (κ2) is 10.7. The Hall–Kier alpha value is -3.01. The lowest BCUT2D eigenvalue weighted by molar-refractivity contribution is -0.137. The van der Waals surface area contributed by atoms with Crippen LogP contribution in [0.3, 0.4) is 0 Å². The fourth-order valence-electron chi connectivity index (χ4n) is 3.26. The minimum Gasteiger partial charge on any atom is -0.345 e. The molecule has 0 saturated carbocycles. The van der Waals surface area contributed by atoms with Crippen LogP contribution in [0.2, 0.25) is 10.0 Å². The van der Waals surface area contributed by atoms with Gasteiger partial charge in [-0.05, 0) is 42.0 Å². The third-order valence-corrected chi connectivity index (χ3v) is 6.47. The molecule has 1 aromatic heterocycles. The summed E-state index contributed by atoms with van der Waals surface area (Å²) < 4.78 is 40.9. The maximum absolute atomic E-state index is 13.1. The summed E-state index contributed by atoms with van der Waals surface area (Å²) in [5.41, 5.74) is 0.808. The molecule has 0 atom stereocenters. The molecule has 0 radical (unpaired) electrons. The second-order valence-corrected chi connectivity index (χ2v) is 9.15. The first kappa shape index (κ1) is 25.1. The molecule has 1 amide bonds. The van der Waals surface area contributed by atoms with Gasteiger partial charge in [-0.2, -0.15) is 13.2 Å². The number of nitrogens with zero attached hydrogens (tertiary/aromatic N) is 3. The zero-order valence-corrected chi connectivity index (χ0v) is 20.2. The number of carbonyl (C=O) groups excluding carboxylic acids is 1. The SMILES string of the molecule is O=C(NCc1nnc(SCc2cccc(C(F)(F)F)c2)n1-c1ccccc1)c1ccc(Cl)cc1Cl. The van der Waals surface area contributed by atoms with Crippen LogP contribution in [0, 0.1) is 0 Å². The van der Waals surface area contributed by atoms with Gasteiger partial charge in [0.1, 0.15) is 0 Å². The number of amides is 1. The van der Waals surface area contributed by atoms with E-state index in [9.17, 15) is 18.0 Å². The maximum Gasteiger partial charge on any atom is 0.416 e. The average molecular weight is 537 g/mol. The summed E-state index contributed by atoms with van der Waals surface area (Å²) in [4.78, 5) is 12.6. The normalized spacial score (nSPS) is 11.5. The number of benzene rings is 3. The lowest BCUT2D eigenvalue weighted by Crippen LogP contribution is -2.25. The van der Waals surface area contributed by atoms with Crippen molar-refractivity contribution in [2.75, 3.05) is 0 Å². The first-order valence-electron chi connectivity index (χ1n) is 10.2. The molecule has 1 N–H and O–H groups in total. The topological polar surface area (TPSA) is 59.8 Å². The highest BCUT2D eigenvalue weighted by Gasteiger charge is 2.30. The third-order valence-electron chi connectivity index (χ3n) is 4.92. The summed E-state index contributed by atoms with van der Waals surface area (Å²) in [6, 6.07) is 19.0. The maximum atomic E-state index is 13.1. The smallest absolute Gasteiger partial charge is 0.345 e. The van der Waals surface area contributed by atoms with Crippen LogP contribution >= 0.6 is 35.0 Å². The molecule has 11 heteroatoms. The Kier molecular flexibility index (Phi) is 7.69. The van der Waals surface area contributed by atoms with Crippen LogP contribution in [0.5, 0.6) is 0 Å². The first-order valence-corrected chi connectivity index (χ1v) is 12.0. The fraction of sp³-hybridized carbons (Fsp3) is 0.125. The van der Waals surface area contributed by atoms with Crippen molar-refractivity contribution in [3.63, 3.8) is 0 Å². The quantitative estimate of drug-likeness (QED) is 0.263. The number of para-hydroxylation sites is 1. The molecule has 4 rings (SSSR count). The Morgan fingerprint density at radius 3 is 2.46 bits per heavy atom. The summed E-state index contributed by atoms with van der Waals surface area (Å²) in [6.45, 7) is 0.0454. The van der Waals surface area contributed by atoms with Crippen molar-refractivity contribution in [2.24, 2.45) is 0 Å². The van der Waals surface area contributed by atoms with Crippen LogP contribution in [-0.4, -0.2) is 20.7 Å². The molecule has 35 heavy (non-hydrogen) atoms. The zero-order valence-electron chi connectivity index (χ0n) is 17.9. The molecule has 0 aliphatic rings. The molecule has 0 fully saturated rings. The minimum absolute atomic E-state index is 0.0454. The van der Waals surface area contributed by atoms with Gasteiger partial charge in [-0.25, -0.2) is 0 Å². The molecule has 180 valence electrons. The molecule has 1 heterocycles. The van der Waals surface area contributed by atoms with Crippen molar-refractivity contribution in [2.45, 2.75) is 23.6 Å². The molecule has 0 aliphatic heterocycles. The molecule has 3 aromatic carbocycles. The molecule has 0 bridgehead atoms. The van der Waals surface area contributed by atoms with Gasteiger partial charge in [-0.15, -0.1) is 10.2 Å². The Bertz CT molecular complexity index is 1350. The lowest BCUT2D eigenvalue weighted by Gasteiger charge is -2.12. The number of thioether (sulfide) groups is 1. The minimum atomic E-state index is -4.41. The Labute approximate surface area is 213 Å². The Morgan fingerprint density at radius 2 is 1.74 bits per heavy atom. The van der Waals surface area contributed by atoms with Crippen molar-refractivity contribution in [1.82, 2.24) is 20.1 Å². The van der Waals surface area contributed by atoms with Crippen molar-refractivity contribution >= 4 is 40.9 Å². The van der Waals surface area contributed by atoms with E-state index in [4.69, 9.17) is 23.2 Å². The molecular formula is C24H17Cl2F3N4OS. The number of carbonyl (C=O) groups is 1. The highest BCUT2D eigenvalue weighted by molar-refractivity contribution is 7.98. The number of rotatable bonds is 7. The van der Waals surface area contributed by atoms with Crippen molar-refractivity contribution < 1.29 is 18.0 Å². The number of nitrogens with one attached hydrogen (secondary N) is 1. The summed E-state index contributed by atoms with van der Waals surface area (Å²) in [5.74, 6) is 0.287. The van der Waals surface area contributed by atoms with E-state index in [1.807, 2.05) is 30.3 Å². The van der Waals surface area contributed by atoms with E-state index < -0.39 is 17.6 Å². The van der Waals surface area contributed by atoms with Crippen molar-refractivity contribution in [1.29, 1.82) is 0 Å². The highest BCUT2D eigenvalue weighted by atomic mass is 35.5. The van der Waals surface area contributed by atoms with Crippen LogP contribution in [-0.2, 0) is 18.5 Å². The fourth-order valence-corrected chi connectivity index (χ4v) is 4.67. The molecule has 0 unspecified atom stereocenters. The van der Waals surface area contributed by atoms with E-state index in [2.05, 4.69) is 15.5 Å². The van der Waals surface area contributed by atoms with Crippen molar-refractivity contribution in [3.8, 4) is 5.69 Å². The number of alkyl halides is 3. The number of hydrogen-bond donors (Lipinski definition) is 1. The van der Waals surface area contributed by atoms with E-state index in [1.165, 1.54) is 30.0 Å². The summed E-state index contributed by atoms with van der Waals surface area (Å²) in [5, 5.41) is 12.3. The van der Waals surface area contributed by atoms with Crippen LogP contribution < -0.4 is 5.32 Å². The van der Waals surface area contributed by atoms with Gasteiger partial charge < -0.3 is 5.32 Å². The van der Waals surface area contributed by atoms with Gasteiger partial charge in [0.25, 0.3) is 5.91 Å². The standard InChI is InChI=1S/C24H17Cl2F3N4OS/c25-17-9-10-19(20(26)12-17)22(34)30-13-21-31-32-23(33(21)18-7-2-1-3-8-18)35-14-15-5-4-6-16(11-15)24(27,28)29/h1-12H,13-14H2,(H,30,34). The van der Waals surface area contributed by atoms with E-state index in [0.29, 0.717) is 21.6 Å². The van der Waals surface area contributed by atoms with Gasteiger partial charge >= 0.3 is 6.18 Å². The highest BCUT2D eigenvalue weighted by Crippen LogP contribution is 2.31. The predicted molar refractivity (Wildman–Crippen MR) is 130 cm³/mol. The van der Waals surface area contributed by atoms with Crippen molar-refractivity contribution in [3.05, 3.63) is 105 Å². The largest absolute Gasteiger partial charge is 0.416 e. The Morgan fingerprint density at radius 1 is 0.971 bits per heavy atom. The molecule has 0 saturated heterocycles. The van der Waals surface area contributed by atoms with Gasteiger partial charge in [0, 0.05) is 16.5 Å². The summed E-state index contributed by atoms with van der Waals surface area (Å²) in [7, 11) is 0. The molecule has 0 aliphatic carbocycles. The van der Waals surface area contributed by atoms with Gasteiger partial charge in [0.05, 0.1) is 22.7 Å². The molecular weight excluding hydrogens is 520 g/mol. The lowest BCUT2D eigenvalue weighted by atomic mass is 10.1. The summed E-state index contributed by atoms with van der Waals surface area (Å²) in [6.07, 6.45) is -4.41. The van der Waals surface area contributed by atoms with E-state index >= 15 is 0 Å². The van der Waals surface area contributed by atoms with Crippen LogP contribution in [0.4, 0.5) is 13.2 Å². The third kappa shape index (κ3) is 6.17. The number of aromatic nitrogens is 3. The number of hydrogen-bond acceptors (Lipinski definition) is 4. The Balaban J connectivity index is 1.55. The van der Waals surface area contributed by atoms with E-state index in [1.54, 1.807) is 16.7 Å². The molecule has 0 spiro atoms. The molecule has 4 aromatic rings. The summed E-state index contributed by atoms with van der Waals surface area (Å²) >= 11 is 13.3. The van der Waals surface area contributed by atoms with Gasteiger partial charge in [-0.1, -0.05) is 71.4 Å². The van der Waals surface area contributed by atoms with E-state index in [0.717, 1.165) is 17.8 Å². The zero-order chi connectivity index (χ0) is 25.0. The van der Waals surface area contributed by atoms with Crippen LogP contribution in [0.1, 0.15) is 27.3 Å². The van der Waals surface area contributed by atoms with Gasteiger partial charge in [-0.3, -0.25) is 9.36 Å². The van der Waals surface area contributed by atoms with Gasteiger partial charge in [0.15, 0.2) is 11.0 Å². The van der Waals surface area contributed by atoms with Gasteiger partial charge in [0.2, 0.25) is 0 Å². The second-order valence-electron chi connectivity index (χ2n) is 7.36. The predicted octanol–water partition coefficient (Wildman–Crippen LogP) is 6.82. The monoisotopic (exact) mass is 536 g/mol. The van der Waals surface area contributed by atoms with E-state index in [-0.39, 0.29) is 22.9 Å². The van der Waals surface area contributed by atoms with Crippen LogP contribution in [0.25, 0.3) is 5.69 Å². The number of halogens is 5. The van der Waals surface area contributed by atoms with Crippen LogP contribution in [0.15, 0.2) is 78.0 Å². The molecule has 5 nitrogen and oxygen atoms in total. The average Bonchev–Trinajstić information content (AvgIpc) is 3.24.